The van der Waals surface area contributed by atoms with Gasteiger partial charge in [-0.05, 0) is 17.7 Å². The van der Waals surface area contributed by atoms with Gasteiger partial charge in [0.2, 0.25) is 5.91 Å². The molecule has 2 N–H and O–H groups in total. The van der Waals surface area contributed by atoms with E-state index in [1.165, 1.54) is 18.7 Å². The molecule has 0 saturated heterocycles. The van der Waals surface area contributed by atoms with Crippen LogP contribution in [0.1, 0.15) is 25.0 Å². The zero-order chi connectivity index (χ0) is 19.4. The molecule has 8 heteroatoms. The predicted molar refractivity (Wildman–Crippen MR) is 98.9 cm³/mol. The van der Waals surface area contributed by atoms with Crippen LogP contribution in [0.5, 0.6) is 0 Å². The van der Waals surface area contributed by atoms with Crippen LogP contribution in [0.4, 0.5) is 11.5 Å². The van der Waals surface area contributed by atoms with Crippen LogP contribution in [0.25, 0.3) is 0 Å². The van der Waals surface area contributed by atoms with Crippen molar-refractivity contribution in [2.45, 2.75) is 20.4 Å². The molecule has 0 unspecified atom stereocenters. The Morgan fingerprint density at radius 2 is 1.77 bits per heavy atom. The highest BCUT2D eigenvalue weighted by atomic mass is 16.2. The predicted octanol–water partition coefficient (Wildman–Crippen LogP) is 1.16. The van der Waals surface area contributed by atoms with E-state index in [0.717, 1.165) is 10.1 Å². The third-order valence-electron chi connectivity index (χ3n) is 3.98. The second kappa shape index (κ2) is 7.70. The number of hydrogen-bond acceptors (Lipinski definition) is 5. The van der Waals surface area contributed by atoms with Gasteiger partial charge in [-0.2, -0.15) is 5.26 Å². The molecule has 0 bridgehead atoms. The number of carbonyl (C=O) groups excluding carboxylic acids is 1. The third kappa shape index (κ3) is 3.83. The summed E-state index contributed by atoms with van der Waals surface area (Å²) in [5, 5.41) is 15.0. The summed E-state index contributed by atoms with van der Waals surface area (Å²) in [5.74, 6) is 0.00480. The van der Waals surface area contributed by atoms with Gasteiger partial charge in [-0.15, -0.1) is 0 Å². The Kier molecular flexibility index (Phi) is 5.62. The first kappa shape index (κ1) is 19.0. The molecule has 0 aliphatic carbocycles. The van der Waals surface area contributed by atoms with Crippen LogP contribution >= 0.6 is 0 Å². The first-order valence-electron chi connectivity index (χ1n) is 8.10. The molecule has 2 aromatic rings. The van der Waals surface area contributed by atoms with Crippen molar-refractivity contribution in [2.24, 2.45) is 20.0 Å². The molecule has 136 valence electrons. The average molecular weight is 355 g/mol. The van der Waals surface area contributed by atoms with E-state index in [1.54, 1.807) is 12.1 Å². The number of aromatic nitrogens is 2. The van der Waals surface area contributed by atoms with Gasteiger partial charge in [-0.25, -0.2) is 4.79 Å². The Balaban J connectivity index is 2.20. The summed E-state index contributed by atoms with van der Waals surface area (Å²) < 4.78 is 2.13. The number of nitrogens with zero attached hydrogens (tertiary/aromatic N) is 3. The zero-order valence-corrected chi connectivity index (χ0v) is 15.2. The maximum Gasteiger partial charge on any atom is 0.332 e. The van der Waals surface area contributed by atoms with Crippen molar-refractivity contribution in [3.05, 3.63) is 56.2 Å². The lowest BCUT2D eigenvalue weighted by atomic mass is 10.1. The van der Waals surface area contributed by atoms with Gasteiger partial charge in [0.25, 0.3) is 5.56 Å². The van der Waals surface area contributed by atoms with Crippen LogP contribution < -0.4 is 21.9 Å². The number of carbonyl (C=O) groups is 1. The molecule has 1 aromatic carbocycles. The highest BCUT2D eigenvalue weighted by Crippen LogP contribution is 2.13. The highest BCUT2D eigenvalue weighted by Gasteiger charge is 2.15. The molecule has 0 saturated carbocycles. The lowest BCUT2D eigenvalue weighted by molar-refractivity contribution is -0.118. The van der Waals surface area contributed by atoms with Crippen LogP contribution in [0, 0.1) is 17.2 Å². The fourth-order valence-corrected chi connectivity index (χ4v) is 2.33. The van der Waals surface area contributed by atoms with Gasteiger partial charge in [0.05, 0.1) is 0 Å². The van der Waals surface area contributed by atoms with Crippen molar-refractivity contribution in [3.63, 3.8) is 0 Å². The first-order valence-corrected chi connectivity index (χ1v) is 8.10. The topological polar surface area (TPSA) is 109 Å². The Morgan fingerprint density at radius 1 is 1.15 bits per heavy atom. The van der Waals surface area contributed by atoms with E-state index in [4.69, 9.17) is 0 Å². The quantitative estimate of drug-likeness (QED) is 0.837. The minimum atomic E-state index is -0.634. The molecule has 0 spiro atoms. The maximum absolute atomic E-state index is 12.1. The maximum atomic E-state index is 12.1. The summed E-state index contributed by atoms with van der Waals surface area (Å²) in [4.78, 5) is 35.8. The average Bonchev–Trinajstić information content (AvgIpc) is 2.62. The van der Waals surface area contributed by atoms with Crippen molar-refractivity contribution < 1.29 is 4.79 Å². The molecule has 26 heavy (non-hydrogen) atoms. The molecule has 0 atom stereocenters. The summed E-state index contributed by atoms with van der Waals surface area (Å²) in [6.07, 6.45) is 0. The zero-order valence-electron chi connectivity index (χ0n) is 15.2. The van der Waals surface area contributed by atoms with Crippen molar-refractivity contribution in [1.29, 1.82) is 5.26 Å². The molecule has 8 nitrogen and oxygen atoms in total. The molecule has 1 aromatic heterocycles. The Hall–Kier alpha value is -3.34. The van der Waals surface area contributed by atoms with Gasteiger partial charge in [-0.1, -0.05) is 26.0 Å². The van der Waals surface area contributed by atoms with Gasteiger partial charge >= 0.3 is 5.69 Å². The number of benzene rings is 1. The second-order valence-corrected chi connectivity index (χ2v) is 6.24. The van der Waals surface area contributed by atoms with E-state index in [2.05, 4.69) is 10.6 Å². The molecule has 0 radical (unpaired) electrons. The minimum absolute atomic E-state index is 0.0651. The van der Waals surface area contributed by atoms with E-state index in [-0.39, 0.29) is 23.2 Å². The smallest absolute Gasteiger partial charge is 0.332 e. The number of amides is 1. The summed E-state index contributed by atoms with van der Waals surface area (Å²) in [6.45, 7) is 3.94. The highest BCUT2D eigenvalue weighted by molar-refractivity contribution is 5.92. The van der Waals surface area contributed by atoms with Gasteiger partial charge in [0.15, 0.2) is 5.56 Å². The lowest BCUT2D eigenvalue weighted by Crippen LogP contribution is -2.39. The minimum Gasteiger partial charge on any atom is -0.366 e. The SMILES string of the molecule is CC(C)C(=O)Nc1ccc(CNc2c(C#N)c(=O)n(C)c(=O)n2C)cc1. The van der Waals surface area contributed by atoms with E-state index in [9.17, 15) is 19.6 Å². The largest absolute Gasteiger partial charge is 0.366 e. The Labute approximate surface area is 150 Å². The van der Waals surface area contributed by atoms with Gasteiger partial charge in [0.1, 0.15) is 11.9 Å². The monoisotopic (exact) mass is 355 g/mol. The lowest BCUT2D eigenvalue weighted by Gasteiger charge is -2.14. The molecular weight excluding hydrogens is 334 g/mol. The molecule has 0 aliphatic rings. The number of anilines is 2. The number of hydrogen-bond donors (Lipinski definition) is 2. The molecular formula is C18H21N5O3. The van der Waals surface area contributed by atoms with Gasteiger partial charge in [-0.3, -0.25) is 18.7 Å². The van der Waals surface area contributed by atoms with Crippen molar-refractivity contribution in [3.8, 4) is 6.07 Å². The van der Waals surface area contributed by atoms with Crippen molar-refractivity contribution in [1.82, 2.24) is 9.13 Å². The fourth-order valence-electron chi connectivity index (χ4n) is 2.33. The molecule has 1 amide bonds. The molecule has 2 rings (SSSR count). The van der Waals surface area contributed by atoms with Crippen molar-refractivity contribution in [2.75, 3.05) is 10.6 Å². The van der Waals surface area contributed by atoms with Crippen LogP contribution in [-0.4, -0.2) is 15.0 Å². The fraction of sp³-hybridized carbons (Fsp3) is 0.333. The summed E-state index contributed by atoms with van der Waals surface area (Å²) in [5.41, 5.74) is 0.291. The van der Waals surface area contributed by atoms with Gasteiger partial charge < -0.3 is 10.6 Å². The van der Waals surface area contributed by atoms with Gasteiger partial charge in [0, 0.05) is 32.2 Å². The normalized spacial score (nSPS) is 10.5. The standard InChI is InChI=1S/C18H21N5O3/c1-11(2)16(24)21-13-7-5-12(6-8-13)10-20-15-14(9-19)17(25)23(4)18(26)22(15)3/h5-8,11,20H,10H2,1-4H3,(H,21,24). The first-order chi connectivity index (χ1) is 12.3. The second-order valence-electron chi connectivity index (χ2n) is 6.24. The summed E-state index contributed by atoms with van der Waals surface area (Å²) in [7, 11) is 2.83. The van der Waals surface area contributed by atoms with Crippen LogP contribution in [-0.2, 0) is 25.4 Å². The number of rotatable bonds is 5. The van der Waals surface area contributed by atoms with E-state index in [0.29, 0.717) is 12.2 Å². The van der Waals surface area contributed by atoms with E-state index >= 15 is 0 Å². The third-order valence-corrected chi connectivity index (χ3v) is 3.98. The number of nitriles is 1. The Bertz CT molecular complexity index is 978. The van der Waals surface area contributed by atoms with Crippen LogP contribution in [0.3, 0.4) is 0 Å². The molecule has 0 aliphatic heterocycles. The Morgan fingerprint density at radius 3 is 2.31 bits per heavy atom. The van der Waals surface area contributed by atoms with Crippen molar-refractivity contribution >= 4 is 17.4 Å². The van der Waals surface area contributed by atoms with E-state index < -0.39 is 11.2 Å². The van der Waals surface area contributed by atoms with Crippen LogP contribution in [0.15, 0.2) is 33.9 Å². The summed E-state index contributed by atoms with van der Waals surface area (Å²) >= 11 is 0. The number of nitrogens with one attached hydrogen (secondary N) is 2. The molecule has 0 fully saturated rings. The molecule has 1 heterocycles. The van der Waals surface area contributed by atoms with Crippen LogP contribution in [0.2, 0.25) is 0 Å². The summed E-state index contributed by atoms with van der Waals surface area (Å²) in [6, 6.07) is 9.01. The van der Waals surface area contributed by atoms with E-state index in [1.807, 2.05) is 32.0 Å².